The van der Waals surface area contributed by atoms with Crippen molar-refractivity contribution in [1.82, 2.24) is 20.4 Å². The number of aromatic amines is 1. The van der Waals surface area contributed by atoms with E-state index in [1.807, 2.05) is 7.05 Å². The summed E-state index contributed by atoms with van der Waals surface area (Å²) in [7, 11) is 4.19. The lowest BCUT2D eigenvalue weighted by atomic mass is 9.83. The highest BCUT2D eigenvalue weighted by Crippen LogP contribution is 2.36. The first-order valence-corrected chi connectivity index (χ1v) is 10.3. The number of nitrogens with one attached hydrogen (secondary N) is 2. The van der Waals surface area contributed by atoms with Crippen molar-refractivity contribution < 1.29 is 4.74 Å². The molecule has 0 saturated heterocycles. The topological polar surface area (TPSA) is 53.2 Å². The third-order valence-corrected chi connectivity index (χ3v) is 5.93. The average molecular weight is 349 g/mol. The van der Waals surface area contributed by atoms with E-state index in [0.29, 0.717) is 18.1 Å². The number of rotatable bonds is 8. The van der Waals surface area contributed by atoms with Gasteiger partial charge in [-0.1, -0.05) is 19.3 Å². The summed E-state index contributed by atoms with van der Waals surface area (Å²) in [4.78, 5) is 2.36. The summed E-state index contributed by atoms with van der Waals surface area (Å²) < 4.78 is 6.39. The van der Waals surface area contributed by atoms with Gasteiger partial charge in [0.1, 0.15) is 0 Å². The van der Waals surface area contributed by atoms with Gasteiger partial charge in [0.2, 0.25) is 0 Å². The zero-order valence-corrected chi connectivity index (χ0v) is 16.1. The zero-order valence-electron chi connectivity index (χ0n) is 16.1. The van der Waals surface area contributed by atoms with Crippen molar-refractivity contribution in [2.24, 2.45) is 0 Å². The van der Waals surface area contributed by atoms with Crippen LogP contribution in [0.4, 0.5) is 0 Å². The Morgan fingerprint density at radius 1 is 1.12 bits per heavy atom. The first-order chi connectivity index (χ1) is 12.3. The van der Waals surface area contributed by atoms with Crippen molar-refractivity contribution in [2.75, 3.05) is 27.2 Å². The predicted octanol–water partition coefficient (Wildman–Crippen LogP) is 3.44. The van der Waals surface area contributed by atoms with Crippen LogP contribution in [0.25, 0.3) is 0 Å². The van der Waals surface area contributed by atoms with E-state index in [-0.39, 0.29) is 0 Å². The number of hydrogen-bond acceptors (Lipinski definition) is 4. The van der Waals surface area contributed by atoms with Gasteiger partial charge in [0.05, 0.1) is 17.9 Å². The van der Waals surface area contributed by atoms with Gasteiger partial charge in [0.25, 0.3) is 0 Å². The standard InChI is InChI=1S/C20H36N4O/c1-21-12-13-24(2)15-17-14-22-23-20(17)16-8-10-19(11-9-16)25-18-6-4-3-5-7-18/h14,16,18-19,21H,3-13,15H2,1-2H3,(H,22,23)/t16-,19+. The summed E-state index contributed by atoms with van der Waals surface area (Å²) in [5.41, 5.74) is 2.67. The van der Waals surface area contributed by atoms with Crippen LogP contribution in [0.3, 0.4) is 0 Å². The fourth-order valence-electron chi connectivity index (χ4n) is 4.42. The summed E-state index contributed by atoms with van der Waals surface area (Å²) in [5, 5.41) is 10.9. The van der Waals surface area contributed by atoms with E-state index in [4.69, 9.17) is 4.74 Å². The van der Waals surface area contributed by atoms with Crippen LogP contribution in [-0.2, 0) is 11.3 Å². The summed E-state index contributed by atoms with van der Waals surface area (Å²) in [6.07, 6.45) is 14.6. The SMILES string of the molecule is CNCCN(C)Cc1c[nH]nc1[C@H]1CC[C@@H](OC2CCCCC2)CC1. The third kappa shape index (κ3) is 5.53. The van der Waals surface area contributed by atoms with Crippen molar-refractivity contribution in [3.63, 3.8) is 0 Å². The first-order valence-electron chi connectivity index (χ1n) is 10.3. The summed E-state index contributed by atoms with van der Waals surface area (Å²) >= 11 is 0. The maximum absolute atomic E-state index is 6.39. The van der Waals surface area contributed by atoms with E-state index in [1.54, 1.807) is 0 Å². The Bertz CT molecular complexity index is 490. The van der Waals surface area contributed by atoms with E-state index in [0.717, 1.165) is 19.6 Å². The normalized spacial score (nSPS) is 25.6. The molecule has 2 fully saturated rings. The molecule has 2 saturated carbocycles. The molecule has 3 rings (SSSR count). The lowest BCUT2D eigenvalue weighted by molar-refractivity contribution is -0.0473. The second kappa shape index (κ2) is 9.70. The van der Waals surface area contributed by atoms with E-state index in [1.165, 1.54) is 69.0 Å². The van der Waals surface area contributed by atoms with Crippen molar-refractivity contribution in [2.45, 2.75) is 82.5 Å². The molecule has 0 spiro atoms. The van der Waals surface area contributed by atoms with Crippen molar-refractivity contribution >= 4 is 0 Å². The number of nitrogens with zero attached hydrogens (tertiary/aromatic N) is 2. The van der Waals surface area contributed by atoms with Gasteiger partial charge >= 0.3 is 0 Å². The summed E-state index contributed by atoms with van der Waals surface area (Å²) in [5.74, 6) is 0.602. The molecule has 2 N–H and O–H groups in total. The molecule has 0 aromatic carbocycles. The van der Waals surface area contributed by atoms with E-state index >= 15 is 0 Å². The molecule has 5 nitrogen and oxygen atoms in total. The number of H-pyrrole nitrogens is 1. The van der Waals surface area contributed by atoms with Gasteiger partial charge in [-0.25, -0.2) is 0 Å². The Labute approximate surface area is 152 Å². The molecule has 0 aliphatic heterocycles. The zero-order chi connectivity index (χ0) is 17.5. The number of likely N-dealkylation sites (N-methyl/N-ethyl adjacent to an activating group) is 2. The van der Waals surface area contributed by atoms with Crippen LogP contribution >= 0.6 is 0 Å². The van der Waals surface area contributed by atoms with Gasteiger partial charge in [-0.15, -0.1) is 0 Å². The second-order valence-corrected chi connectivity index (χ2v) is 8.01. The predicted molar refractivity (Wildman–Crippen MR) is 102 cm³/mol. The molecule has 1 aromatic rings. The maximum Gasteiger partial charge on any atom is 0.0697 e. The van der Waals surface area contributed by atoms with Crippen LogP contribution in [-0.4, -0.2) is 54.5 Å². The number of aromatic nitrogens is 2. The summed E-state index contributed by atoms with van der Waals surface area (Å²) in [6, 6.07) is 0. The van der Waals surface area contributed by atoms with Crippen molar-refractivity contribution in [1.29, 1.82) is 0 Å². The Hall–Kier alpha value is -0.910. The number of ether oxygens (including phenoxy) is 1. The molecule has 1 aromatic heterocycles. The third-order valence-electron chi connectivity index (χ3n) is 5.93. The monoisotopic (exact) mass is 348 g/mol. The van der Waals surface area contributed by atoms with Gasteiger partial charge in [0, 0.05) is 37.3 Å². The maximum atomic E-state index is 6.39. The second-order valence-electron chi connectivity index (χ2n) is 8.01. The molecule has 1 heterocycles. The summed E-state index contributed by atoms with van der Waals surface area (Å²) in [6.45, 7) is 3.06. The van der Waals surface area contributed by atoms with Gasteiger partial charge in [-0.3, -0.25) is 5.10 Å². The van der Waals surface area contributed by atoms with Crippen LogP contribution in [0.15, 0.2) is 6.20 Å². The number of hydrogen-bond donors (Lipinski definition) is 2. The molecular weight excluding hydrogens is 312 g/mol. The molecule has 5 heteroatoms. The quantitative estimate of drug-likeness (QED) is 0.756. The first kappa shape index (κ1) is 18.9. The van der Waals surface area contributed by atoms with Gasteiger partial charge in [-0.05, 0) is 52.6 Å². The van der Waals surface area contributed by atoms with Crippen LogP contribution in [0.5, 0.6) is 0 Å². The van der Waals surface area contributed by atoms with Gasteiger partial charge in [-0.2, -0.15) is 5.10 Å². The van der Waals surface area contributed by atoms with Crippen LogP contribution in [0, 0.1) is 0 Å². The molecule has 0 atom stereocenters. The highest BCUT2D eigenvalue weighted by molar-refractivity contribution is 5.21. The fourth-order valence-corrected chi connectivity index (χ4v) is 4.42. The minimum Gasteiger partial charge on any atom is -0.375 e. The lowest BCUT2D eigenvalue weighted by Gasteiger charge is -2.32. The molecule has 0 unspecified atom stereocenters. The largest absolute Gasteiger partial charge is 0.375 e. The molecule has 142 valence electrons. The smallest absolute Gasteiger partial charge is 0.0697 e. The molecular formula is C20H36N4O. The van der Waals surface area contributed by atoms with E-state index < -0.39 is 0 Å². The van der Waals surface area contributed by atoms with E-state index in [9.17, 15) is 0 Å². The van der Waals surface area contributed by atoms with E-state index in [2.05, 4.69) is 33.7 Å². The highest BCUT2D eigenvalue weighted by Gasteiger charge is 2.28. The Morgan fingerprint density at radius 2 is 1.84 bits per heavy atom. The molecule has 0 amide bonds. The minimum atomic E-state index is 0.486. The molecule has 2 aliphatic carbocycles. The molecule has 2 aliphatic rings. The molecule has 0 radical (unpaired) electrons. The van der Waals surface area contributed by atoms with Crippen LogP contribution in [0.1, 0.15) is 75.0 Å². The van der Waals surface area contributed by atoms with Gasteiger partial charge < -0.3 is 15.0 Å². The lowest BCUT2D eigenvalue weighted by Crippen LogP contribution is -2.29. The average Bonchev–Trinajstić information content (AvgIpc) is 3.09. The van der Waals surface area contributed by atoms with Crippen molar-refractivity contribution in [3.05, 3.63) is 17.5 Å². The van der Waals surface area contributed by atoms with Crippen molar-refractivity contribution in [3.8, 4) is 0 Å². The minimum absolute atomic E-state index is 0.486. The molecule has 25 heavy (non-hydrogen) atoms. The highest BCUT2D eigenvalue weighted by atomic mass is 16.5. The Morgan fingerprint density at radius 3 is 2.56 bits per heavy atom. The van der Waals surface area contributed by atoms with Gasteiger partial charge in [0.15, 0.2) is 0 Å². The fraction of sp³-hybridized carbons (Fsp3) is 0.850. The molecule has 0 bridgehead atoms. The van der Waals surface area contributed by atoms with Crippen LogP contribution in [0.2, 0.25) is 0 Å². The Kier molecular flexibility index (Phi) is 7.32. The Balaban J connectivity index is 1.47. The van der Waals surface area contributed by atoms with Crippen LogP contribution < -0.4 is 5.32 Å².